The molecule has 3 aromatic heterocycles. The molecule has 30 heavy (non-hydrogen) atoms. The number of rotatable bonds is 4. The number of nitrogens with zero attached hydrogens (tertiary/aromatic N) is 4. The summed E-state index contributed by atoms with van der Waals surface area (Å²) in [5, 5.41) is 8.73. The number of H-pyrrole nitrogens is 2. The van der Waals surface area contributed by atoms with Crippen molar-refractivity contribution >= 4 is 21.9 Å². The van der Waals surface area contributed by atoms with E-state index in [0.717, 1.165) is 51.1 Å². The summed E-state index contributed by atoms with van der Waals surface area (Å²) < 4.78 is 0. The number of aromatic amines is 2. The van der Waals surface area contributed by atoms with Gasteiger partial charge < -0.3 is 4.98 Å². The molecule has 0 radical (unpaired) electrons. The third kappa shape index (κ3) is 3.06. The molecule has 6 nitrogen and oxygen atoms in total. The lowest BCUT2D eigenvalue weighted by molar-refractivity contribution is 0.331. The van der Waals surface area contributed by atoms with Crippen LogP contribution in [0, 0.1) is 0 Å². The second-order valence-electron chi connectivity index (χ2n) is 8.00. The maximum Gasteiger partial charge on any atom is 0.159 e. The first-order valence-electron chi connectivity index (χ1n) is 10.4. The van der Waals surface area contributed by atoms with Crippen molar-refractivity contribution in [3.63, 3.8) is 0 Å². The Hall–Kier alpha value is -3.51. The molecule has 0 saturated carbocycles. The second kappa shape index (κ2) is 7.07. The van der Waals surface area contributed by atoms with E-state index in [0.29, 0.717) is 0 Å². The van der Waals surface area contributed by atoms with Gasteiger partial charge in [-0.15, -0.1) is 0 Å². The van der Waals surface area contributed by atoms with Crippen LogP contribution in [0.15, 0.2) is 60.9 Å². The van der Waals surface area contributed by atoms with Gasteiger partial charge in [0.1, 0.15) is 5.69 Å². The van der Waals surface area contributed by atoms with Gasteiger partial charge >= 0.3 is 0 Å². The Bertz CT molecular complexity index is 1310. The zero-order valence-corrected chi connectivity index (χ0v) is 16.6. The van der Waals surface area contributed by atoms with E-state index < -0.39 is 0 Å². The van der Waals surface area contributed by atoms with Crippen molar-refractivity contribution in [3.8, 4) is 22.6 Å². The van der Waals surface area contributed by atoms with E-state index in [1.807, 2.05) is 36.7 Å². The van der Waals surface area contributed by atoms with Gasteiger partial charge in [-0.05, 0) is 67.4 Å². The fourth-order valence-electron chi connectivity index (χ4n) is 4.37. The first-order valence-corrected chi connectivity index (χ1v) is 10.4. The van der Waals surface area contributed by atoms with E-state index in [4.69, 9.17) is 4.98 Å². The summed E-state index contributed by atoms with van der Waals surface area (Å²) in [7, 11) is 0. The maximum absolute atomic E-state index is 4.72. The molecule has 148 valence electrons. The molecule has 0 spiro atoms. The lowest BCUT2D eigenvalue weighted by Gasteiger charge is -2.14. The SMILES string of the molecule is c1ccc2[nH]c(-c3n[nH]c4ccc(-c5cncc(CN6CCCC6)c5)cc34)nc2c1. The van der Waals surface area contributed by atoms with Crippen LogP contribution in [-0.4, -0.2) is 43.1 Å². The molecular weight excluding hydrogens is 372 g/mol. The van der Waals surface area contributed by atoms with Crippen LogP contribution in [0.3, 0.4) is 0 Å². The van der Waals surface area contributed by atoms with Gasteiger partial charge in [-0.3, -0.25) is 15.0 Å². The van der Waals surface area contributed by atoms with Crippen molar-refractivity contribution in [2.75, 3.05) is 13.1 Å². The molecule has 5 aromatic rings. The summed E-state index contributed by atoms with van der Waals surface area (Å²) in [5.41, 5.74) is 7.32. The van der Waals surface area contributed by atoms with E-state index in [9.17, 15) is 0 Å². The monoisotopic (exact) mass is 394 g/mol. The van der Waals surface area contributed by atoms with Crippen molar-refractivity contribution in [3.05, 3.63) is 66.5 Å². The van der Waals surface area contributed by atoms with Gasteiger partial charge in [0.05, 0.1) is 16.6 Å². The number of hydrogen-bond donors (Lipinski definition) is 2. The van der Waals surface area contributed by atoms with Gasteiger partial charge in [-0.2, -0.15) is 5.10 Å². The number of imidazole rings is 1. The molecule has 2 aromatic carbocycles. The molecule has 6 rings (SSSR count). The molecule has 6 heteroatoms. The van der Waals surface area contributed by atoms with Crippen LogP contribution in [0.1, 0.15) is 18.4 Å². The van der Waals surface area contributed by atoms with Gasteiger partial charge in [-0.1, -0.05) is 18.2 Å². The molecule has 0 unspecified atom stereocenters. The third-order valence-corrected chi connectivity index (χ3v) is 5.91. The maximum atomic E-state index is 4.72. The van der Waals surface area contributed by atoms with Crippen molar-refractivity contribution < 1.29 is 0 Å². The molecule has 0 atom stereocenters. The molecule has 0 aliphatic carbocycles. The molecule has 0 bridgehead atoms. The molecule has 0 amide bonds. The average Bonchev–Trinajstić information content (AvgIpc) is 3.52. The Kier molecular flexibility index (Phi) is 4.09. The highest BCUT2D eigenvalue weighted by atomic mass is 15.1. The molecular formula is C24H22N6. The Morgan fingerprint density at radius 2 is 1.80 bits per heavy atom. The Balaban J connectivity index is 1.39. The van der Waals surface area contributed by atoms with E-state index in [2.05, 4.69) is 49.3 Å². The zero-order chi connectivity index (χ0) is 19.9. The van der Waals surface area contributed by atoms with E-state index in [-0.39, 0.29) is 0 Å². The molecule has 4 heterocycles. The molecule has 1 aliphatic heterocycles. The highest BCUT2D eigenvalue weighted by Crippen LogP contribution is 2.30. The van der Waals surface area contributed by atoms with Gasteiger partial charge in [-0.25, -0.2) is 4.98 Å². The van der Waals surface area contributed by atoms with E-state index >= 15 is 0 Å². The van der Waals surface area contributed by atoms with E-state index in [1.165, 1.54) is 31.5 Å². The Labute approximate surface area is 174 Å². The number of benzene rings is 2. The number of hydrogen-bond acceptors (Lipinski definition) is 4. The summed E-state index contributed by atoms with van der Waals surface area (Å²) in [5.74, 6) is 0.778. The first-order chi connectivity index (χ1) is 14.8. The molecule has 1 fully saturated rings. The van der Waals surface area contributed by atoms with Crippen molar-refractivity contribution in [1.82, 2.24) is 30.0 Å². The van der Waals surface area contributed by atoms with Crippen molar-refractivity contribution in [2.24, 2.45) is 0 Å². The number of pyridine rings is 1. The lowest BCUT2D eigenvalue weighted by atomic mass is 10.0. The minimum absolute atomic E-state index is 0.778. The van der Waals surface area contributed by atoms with Gasteiger partial charge in [0.2, 0.25) is 0 Å². The number of fused-ring (bicyclic) bond motifs is 2. The number of nitrogens with one attached hydrogen (secondary N) is 2. The molecule has 1 aliphatic rings. The second-order valence-corrected chi connectivity index (χ2v) is 8.00. The summed E-state index contributed by atoms with van der Waals surface area (Å²) in [6, 6.07) is 16.7. The highest BCUT2D eigenvalue weighted by molar-refractivity contribution is 5.95. The summed E-state index contributed by atoms with van der Waals surface area (Å²) in [4.78, 5) is 15.1. The quantitative estimate of drug-likeness (QED) is 0.461. The average molecular weight is 394 g/mol. The van der Waals surface area contributed by atoms with Crippen molar-refractivity contribution in [1.29, 1.82) is 0 Å². The smallest absolute Gasteiger partial charge is 0.159 e. The van der Waals surface area contributed by atoms with Gasteiger partial charge in [0, 0.05) is 29.9 Å². The van der Waals surface area contributed by atoms with Crippen molar-refractivity contribution in [2.45, 2.75) is 19.4 Å². The predicted molar refractivity (Wildman–Crippen MR) is 119 cm³/mol. The molecule has 2 N–H and O–H groups in total. The third-order valence-electron chi connectivity index (χ3n) is 5.91. The number of likely N-dealkylation sites (tertiary alicyclic amines) is 1. The van der Waals surface area contributed by atoms with Crippen LogP contribution in [0.2, 0.25) is 0 Å². The predicted octanol–water partition coefficient (Wildman–Crippen LogP) is 4.76. The van der Waals surface area contributed by atoms with Gasteiger partial charge in [0.15, 0.2) is 5.82 Å². The topological polar surface area (TPSA) is 73.5 Å². The minimum atomic E-state index is 0.778. The fraction of sp³-hybridized carbons (Fsp3) is 0.208. The largest absolute Gasteiger partial charge is 0.337 e. The number of aromatic nitrogens is 5. The van der Waals surface area contributed by atoms with Crippen LogP contribution in [0.25, 0.3) is 44.6 Å². The van der Waals surface area contributed by atoms with Crippen LogP contribution in [0.4, 0.5) is 0 Å². The summed E-state index contributed by atoms with van der Waals surface area (Å²) >= 11 is 0. The summed E-state index contributed by atoms with van der Waals surface area (Å²) in [6.07, 6.45) is 6.53. The minimum Gasteiger partial charge on any atom is -0.337 e. The molecule has 1 saturated heterocycles. The fourth-order valence-corrected chi connectivity index (χ4v) is 4.37. The zero-order valence-electron chi connectivity index (χ0n) is 16.6. The highest BCUT2D eigenvalue weighted by Gasteiger charge is 2.15. The first kappa shape index (κ1) is 17.4. The Morgan fingerprint density at radius 1 is 0.900 bits per heavy atom. The van der Waals surface area contributed by atoms with Gasteiger partial charge in [0.25, 0.3) is 0 Å². The Morgan fingerprint density at radius 3 is 2.70 bits per heavy atom. The summed E-state index contributed by atoms with van der Waals surface area (Å²) in [6.45, 7) is 3.34. The van der Waals surface area contributed by atoms with Crippen LogP contribution in [0.5, 0.6) is 0 Å². The van der Waals surface area contributed by atoms with Crippen LogP contribution >= 0.6 is 0 Å². The lowest BCUT2D eigenvalue weighted by Crippen LogP contribution is -2.18. The van der Waals surface area contributed by atoms with Crippen LogP contribution in [-0.2, 0) is 6.54 Å². The van der Waals surface area contributed by atoms with E-state index in [1.54, 1.807) is 0 Å². The normalized spacial score (nSPS) is 14.8. The van der Waals surface area contributed by atoms with Crippen LogP contribution < -0.4 is 0 Å². The standard InChI is InChI=1S/C24H22N6/c1-2-6-22-21(5-1)26-24(27-22)23-19-12-17(7-8-20(19)28-29-23)18-11-16(13-25-14-18)15-30-9-3-4-10-30/h1-2,5-8,11-14H,3-4,9-10,15H2,(H,26,27)(H,28,29). The number of para-hydroxylation sites is 2.